The van der Waals surface area contributed by atoms with Crippen LogP contribution in [0.1, 0.15) is 17.5 Å². The van der Waals surface area contributed by atoms with E-state index in [1.54, 1.807) is 11.8 Å². The van der Waals surface area contributed by atoms with Crippen molar-refractivity contribution in [3.05, 3.63) is 88.9 Å². The van der Waals surface area contributed by atoms with Crippen molar-refractivity contribution in [2.45, 2.75) is 41.4 Å². The minimum absolute atomic E-state index is 0.236. The highest BCUT2D eigenvalue weighted by molar-refractivity contribution is 7.99. The molecule has 0 radical (unpaired) electrons. The van der Waals surface area contributed by atoms with Gasteiger partial charge in [0.1, 0.15) is 12.4 Å². The van der Waals surface area contributed by atoms with Gasteiger partial charge in [-0.25, -0.2) is 0 Å². The lowest BCUT2D eigenvalue weighted by Gasteiger charge is -2.16. The molecule has 0 amide bonds. The molecular weight excluding hydrogens is 418 g/mol. The van der Waals surface area contributed by atoms with Gasteiger partial charge in [0.05, 0.1) is 18.8 Å². The minimum Gasteiger partial charge on any atom is -0.489 e. The molecule has 3 aromatic rings. The molecule has 158 valence electrons. The summed E-state index contributed by atoms with van der Waals surface area (Å²) in [6.45, 7) is 0.308. The maximum absolute atomic E-state index is 9.90. The summed E-state index contributed by atoms with van der Waals surface area (Å²) in [5, 5.41) is 19.6. The summed E-state index contributed by atoms with van der Waals surface area (Å²) in [5.41, 5.74) is 7.73. The number of aryl methyl sites for hydroxylation is 1. The van der Waals surface area contributed by atoms with Crippen LogP contribution in [-0.4, -0.2) is 29.0 Å². The van der Waals surface area contributed by atoms with Crippen molar-refractivity contribution in [3.63, 3.8) is 0 Å². The zero-order valence-electron chi connectivity index (χ0n) is 16.6. The topological polar surface area (TPSA) is 75.7 Å². The number of rotatable bonds is 10. The van der Waals surface area contributed by atoms with Crippen LogP contribution < -0.4 is 10.5 Å². The van der Waals surface area contributed by atoms with Crippen LogP contribution in [0, 0.1) is 0 Å². The summed E-state index contributed by atoms with van der Waals surface area (Å²) >= 11 is 8.05. The molecule has 0 saturated carbocycles. The highest BCUT2D eigenvalue weighted by Crippen LogP contribution is 2.32. The third-order valence-electron chi connectivity index (χ3n) is 4.75. The number of ether oxygens (including phenoxy) is 1. The first-order chi connectivity index (χ1) is 14.5. The Hall–Kier alpha value is -2.02. The molecule has 4 N–H and O–H groups in total. The zero-order valence-corrected chi connectivity index (χ0v) is 18.1. The van der Waals surface area contributed by atoms with Crippen LogP contribution in [0.25, 0.3) is 0 Å². The molecule has 6 heteroatoms. The van der Waals surface area contributed by atoms with Crippen molar-refractivity contribution in [2.75, 3.05) is 6.61 Å². The Kier molecular flexibility index (Phi) is 8.61. The van der Waals surface area contributed by atoms with E-state index in [0.717, 1.165) is 26.7 Å². The predicted molar refractivity (Wildman–Crippen MR) is 122 cm³/mol. The van der Waals surface area contributed by atoms with Crippen LogP contribution in [-0.2, 0) is 13.0 Å². The molecule has 0 aromatic heterocycles. The lowest BCUT2D eigenvalue weighted by molar-refractivity contribution is 0.102. The number of benzene rings is 3. The van der Waals surface area contributed by atoms with Crippen molar-refractivity contribution < 1.29 is 14.9 Å². The summed E-state index contributed by atoms with van der Waals surface area (Å²) in [5.74, 6) is 0.830. The normalized spacial score (nSPS) is 13.1. The maximum atomic E-state index is 9.90. The van der Waals surface area contributed by atoms with Gasteiger partial charge in [0.25, 0.3) is 0 Å². The van der Waals surface area contributed by atoms with Gasteiger partial charge in [-0.15, -0.1) is 0 Å². The zero-order chi connectivity index (χ0) is 21.3. The molecule has 2 unspecified atom stereocenters. The van der Waals surface area contributed by atoms with Gasteiger partial charge in [0.15, 0.2) is 0 Å². The van der Waals surface area contributed by atoms with Gasteiger partial charge in [-0.3, -0.25) is 0 Å². The lowest BCUT2D eigenvalue weighted by atomic mass is 10.0. The fourth-order valence-corrected chi connectivity index (χ4v) is 4.11. The molecule has 3 aromatic carbocycles. The Labute approximate surface area is 186 Å². The van der Waals surface area contributed by atoms with E-state index in [-0.39, 0.29) is 6.61 Å². The smallest absolute Gasteiger partial charge is 0.119 e. The minimum atomic E-state index is -0.747. The first-order valence-corrected chi connectivity index (χ1v) is 11.0. The van der Waals surface area contributed by atoms with E-state index in [0.29, 0.717) is 24.5 Å². The molecule has 0 aliphatic heterocycles. The van der Waals surface area contributed by atoms with Crippen molar-refractivity contribution in [1.82, 2.24) is 0 Å². The molecule has 0 heterocycles. The highest BCUT2D eigenvalue weighted by atomic mass is 35.5. The summed E-state index contributed by atoms with van der Waals surface area (Å²) in [6, 6.07) is 23.4. The maximum Gasteiger partial charge on any atom is 0.119 e. The Morgan fingerprint density at radius 1 is 0.967 bits per heavy atom. The fourth-order valence-electron chi connectivity index (χ4n) is 2.91. The van der Waals surface area contributed by atoms with Gasteiger partial charge in [0, 0.05) is 14.8 Å². The van der Waals surface area contributed by atoms with Gasteiger partial charge in [-0.2, -0.15) is 0 Å². The summed E-state index contributed by atoms with van der Waals surface area (Å²) in [4.78, 5) is 2.13. The second-order valence-electron chi connectivity index (χ2n) is 7.05. The standard InChI is InChI=1S/C24H26ClNO3S/c25-22-14-21(10-6-18(22)7-13-24(28)23(26)15-27)30-20-11-8-19(9-12-20)29-16-17-4-2-1-3-5-17/h1-6,8-12,14,23-24,27-28H,7,13,15-16,26H2. The van der Waals surface area contributed by atoms with Crippen LogP contribution in [0.2, 0.25) is 5.02 Å². The monoisotopic (exact) mass is 443 g/mol. The molecular formula is C24H26ClNO3S. The third kappa shape index (κ3) is 6.76. The molecule has 0 fully saturated rings. The molecule has 0 aliphatic rings. The quantitative estimate of drug-likeness (QED) is 0.424. The first kappa shape index (κ1) is 22.7. The van der Waals surface area contributed by atoms with E-state index in [9.17, 15) is 5.11 Å². The average molecular weight is 444 g/mol. The van der Waals surface area contributed by atoms with Crippen LogP contribution in [0.15, 0.2) is 82.6 Å². The SMILES string of the molecule is NC(CO)C(O)CCc1ccc(Sc2ccc(OCc3ccccc3)cc2)cc1Cl. The van der Waals surface area contributed by atoms with E-state index >= 15 is 0 Å². The van der Waals surface area contributed by atoms with Crippen LogP contribution in [0.5, 0.6) is 5.75 Å². The molecule has 2 atom stereocenters. The van der Waals surface area contributed by atoms with E-state index in [1.165, 1.54) is 0 Å². The Balaban J connectivity index is 1.53. The second-order valence-corrected chi connectivity index (χ2v) is 8.61. The van der Waals surface area contributed by atoms with Gasteiger partial charge < -0.3 is 20.7 Å². The van der Waals surface area contributed by atoms with Crippen molar-refractivity contribution in [2.24, 2.45) is 5.73 Å². The molecule has 3 rings (SSSR count). The van der Waals surface area contributed by atoms with Crippen LogP contribution >= 0.6 is 23.4 Å². The average Bonchev–Trinajstić information content (AvgIpc) is 2.78. The number of halogens is 1. The lowest BCUT2D eigenvalue weighted by Crippen LogP contribution is -2.38. The number of aliphatic hydroxyl groups excluding tert-OH is 2. The molecule has 0 saturated heterocycles. The number of nitrogens with two attached hydrogens (primary N) is 1. The Morgan fingerprint density at radius 3 is 2.33 bits per heavy atom. The summed E-state index contributed by atoms with van der Waals surface area (Å²) < 4.78 is 5.83. The van der Waals surface area contributed by atoms with Crippen LogP contribution in [0.3, 0.4) is 0 Å². The van der Waals surface area contributed by atoms with E-state index < -0.39 is 12.1 Å². The van der Waals surface area contributed by atoms with Gasteiger partial charge in [-0.1, -0.05) is 59.8 Å². The van der Waals surface area contributed by atoms with Crippen molar-refractivity contribution >= 4 is 23.4 Å². The summed E-state index contributed by atoms with van der Waals surface area (Å²) in [6.07, 6.45) is 0.313. The largest absolute Gasteiger partial charge is 0.489 e. The fraction of sp³-hybridized carbons (Fsp3) is 0.250. The highest BCUT2D eigenvalue weighted by Gasteiger charge is 2.14. The predicted octanol–water partition coefficient (Wildman–Crippen LogP) is 4.68. The Bertz CT molecular complexity index is 921. The van der Waals surface area contributed by atoms with Crippen LogP contribution in [0.4, 0.5) is 0 Å². The number of hydrogen-bond donors (Lipinski definition) is 3. The molecule has 0 aliphatic carbocycles. The molecule has 4 nitrogen and oxygen atoms in total. The number of aliphatic hydroxyl groups is 2. The first-order valence-electron chi connectivity index (χ1n) is 9.82. The number of hydrogen-bond acceptors (Lipinski definition) is 5. The molecule has 0 bridgehead atoms. The van der Waals surface area contributed by atoms with E-state index in [1.807, 2.05) is 72.8 Å². The van der Waals surface area contributed by atoms with Gasteiger partial charge >= 0.3 is 0 Å². The Morgan fingerprint density at radius 2 is 1.67 bits per heavy atom. The van der Waals surface area contributed by atoms with Crippen molar-refractivity contribution in [3.8, 4) is 5.75 Å². The van der Waals surface area contributed by atoms with Crippen molar-refractivity contribution in [1.29, 1.82) is 0 Å². The van der Waals surface area contributed by atoms with Gasteiger partial charge in [0.2, 0.25) is 0 Å². The van der Waals surface area contributed by atoms with Gasteiger partial charge in [-0.05, 0) is 60.4 Å². The summed E-state index contributed by atoms with van der Waals surface area (Å²) in [7, 11) is 0. The van der Waals surface area contributed by atoms with E-state index in [2.05, 4.69) is 0 Å². The second kappa shape index (κ2) is 11.4. The third-order valence-corrected chi connectivity index (χ3v) is 6.10. The van der Waals surface area contributed by atoms with E-state index in [4.69, 9.17) is 27.2 Å². The molecule has 0 spiro atoms. The molecule has 30 heavy (non-hydrogen) atoms.